The Morgan fingerprint density at radius 2 is 2.12 bits per heavy atom. The van der Waals surface area contributed by atoms with Crippen LogP contribution in [-0.2, 0) is 0 Å². The zero-order chi connectivity index (χ0) is 11.5. The van der Waals surface area contributed by atoms with E-state index in [0.29, 0.717) is 22.4 Å². The van der Waals surface area contributed by atoms with Gasteiger partial charge in [0.25, 0.3) is 0 Å². The molecule has 4 nitrogen and oxygen atoms in total. The summed E-state index contributed by atoms with van der Waals surface area (Å²) in [6, 6.07) is 6.97. The van der Waals surface area contributed by atoms with Gasteiger partial charge in [-0.15, -0.1) is 0 Å². The minimum atomic E-state index is 0.430. The van der Waals surface area contributed by atoms with E-state index in [4.69, 9.17) is 22.1 Å². The van der Waals surface area contributed by atoms with Crippen molar-refractivity contribution in [3.05, 3.63) is 35.5 Å². The van der Waals surface area contributed by atoms with Crippen molar-refractivity contribution in [3.63, 3.8) is 0 Å². The number of nitrogens with two attached hydrogens (primary N) is 1. The second-order valence-electron chi connectivity index (χ2n) is 3.15. The molecule has 2 aromatic rings. The maximum atomic E-state index is 5.92. The van der Waals surface area contributed by atoms with Gasteiger partial charge in [-0.3, -0.25) is 0 Å². The molecule has 0 spiro atoms. The minimum Gasteiger partial charge on any atom is -0.495 e. The van der Waals surface area contributed by atoms with E-state index in [2.05, 4.69) is 9.97 Å². The Labute approximate surface area is 98.0 Å². The van der Waals surface area contributed by atoms with Crippen molar-refractivity contribution >= 4 is 17.4 Å². The summed E-state index contributed by atoms with van der Waals surface area (Å²) in [6.07, 6.45) is 1.61. The Kier molecular flexibility index (Phi) is 2.92. The molecule has 0 saturated heterocycles. The van der Waals surface area contributed by atoms with Crippen LogP contribution in [0.4, 0.5) is 5.82 Å². The molecule has 0 aliphatic carbocycles. The minimum absolute atomic E-state index is 0.430. The molecular formula is C11H10ClN3O. The summed E-state index contributed by atoms with van der Waals surface area (Å²) in [5.41, 5.74) is 6.40. The molecule has 1 aromatic carbocycles. The Bertz CT molecular complexity index is 516. The second kappa shape index (κ2) is 4.37. The molecule has 0 saturated carbocycles. The quantitative estimate of drug-likeness (QED) is 0.868. The van der Waals surface area contributed by atoms with E-state index in [0.717, 1.165) is 5.56 Å². The molecule has 0 unspecified atom stereocenters. The zero-order valence-corrected chi connectivity index (χ0v) is 9.40. The van der Waals surface area contributed by atoms with Crippen molar-refractivity contribution < 1.29 is 4.74 Å². The fraction of sp³-hybridized carbons (Fsp3) is 0.0909. The number of nitrogens with zero attached hydrogens (tertiary/aromatic N) is 2. The predicted octanol–water partition coefficient (Wildman–Crippen LogP) is 2.39. The van der Waals surface area contributed by atoms with Crippen LogP contribution in [0.1, 0.15) is 0 Å². The molecule has 1 aromatic heterocycles. The molecule has 1 heterocycles. The Morgan fingerprint density at radius 1 is 1.31 bits per heavy atom. The Hall–Kier alpha value is -1.81. The van der Waals surface area contributed by atoms with Gasteiger partial charge in [0.15, 0.2) is 5.82 Å². The third-order valence-electron chi connectivity index (χ3n) is 2.09. The van der Waals surface area contributed by atoms with Gasteiger partial charge in [0.1, 0.15) is 11.6 Å². The molecule has 2 rings (SSSR count). The summed E-state index contributed by atoms with van der Waals surface area (Å²) >= 11 is 5.92. The lowest BCUT2D eigenvalue weighted by Gasteiger charge is -2.05. The highest BCUT2D eigenvalue weighted by Crippen LogP contribution is 2.28. The molecule has 0 aliphatic rings. The molecular weight excluding hydrogens is 226 g/mol. The predicted molar refractivity (Wildman–Crippen MR) is 63.4 cm³/mol. The first-order valence-corrected chi connectivity index (χ1v) is 5.01. The summed E-state index contributed by atoms with van der Waals surface area (Å²) in [7, 11) is 1.56. The maximum Gasteiger partial charge on any atom is 0.161 e. The molecule has 0 atom stereocenters. The summed E-state index contributed by atoms with van der Waals surface area (Å²) in [4.78, 5) is 8.24. The smallest absolute Gasteiger partial charge is 0.161 e. The van der Waals surface area contributed by atoms with E-state index in [-0.39, 0.29) is 0 Å². The van der Waals surface area contributed by atoms with Crippen molar-refractivity contribution in [2.45, 2.75) is 0 Å². The highest BCUT2D eigenvalue weighted by Gasteiger charge is 2.06. The maximum absolute atomic E-state index is 5.92. The van der Waals surface area contributed by atoms with Crippen LogP contribution in [0.2, 0.25) is 5.02 Å². The van der Waals surface area contributed by atoms with Crippen molar-refractivity contribution in [1.29, 1.82) is 0 Å². The topological polar surface area (TPSA) is 61.0 Å². The lowest BCUT2D eigenvalue weighted by molar-refractivity contribution is 0.415. The summed E-state index contributed by atoms with van der Waals surface area (Å²) in [6.45, 7) is 0. The summed E-state index contributed by atoms with van der Waals surface area (Å²) in [5, 5.41) is 0.551. The van der Waals surface area contributed by atoms with Crippen LogP contribution in [0.5, 0.6) is 5.75 Å². The van der Waals surface area contributed by atoms with Gasteiger partial charge >= 0.3 is 0 Å². The Morgan fingerprint density at radius 3 is 2.81 bits per heavy atom. The third kappa shape index (κ3) is 2.06. The molecule has 5 heteroatoms. The SMILES string of the molecule is COc1cc(-c2nccc(N)n2)ccc1Cl. The van der Waals surface area contributed by atoms with E-state index >= 15 is 0 Å². The van der Waals surface area contributed by atoms with Gasteiger partial charge in [0.05, 0.1) is 12.1 Å². The number of methoxy groups -OCH3 is 1. The first-order chi connectivity index (χ1) is 7.70. The van der Waals surface area contributed by atoms with Crippen molar-refractivity contribution in [2.24, 2.45) is 0 Å². The molecule has 0 bridgehead atoms. The van der Waals surface area contributed by atoms with Gasteiger partial charge in [-0.25, -0.2) is 9.97 Å². The van der Waals surface area contributed by atoms with E-state index < -0.39 is 0 Å². The zero-order valence-electron chi connectivity index (χ0n) is 8.64. The fourth-order valence-corrected chi connectivity index (χ4v) is 1.51. The van der Waals surface area contributed by atoms with Gasteiger partial charge in [-0.2, -0.15) is 0 Å². The van der Waals surface area contributed by atoms with E-state index in [1.54, 1.807) is 31.5 Å². The lowest BCUT2D eigenvalue weighted by Crippen LogP contribution is -1.95. The van der Waals surface area contributed by atoms with Crippen LogP contribution >= 0.6 is 11.6 Å². The number of hydrogen-bond acceptors (Lipinski definition) is 4. The van der Waals surface area contributed by atoms with Crippen molar-refractivity contribution in [3.8, 4) is 17.1 Å². The number of anilines is 1. The van der Waals surface area contributed by atoms with Crippen LogP contribution in [0.15, 0.2) is 30.5 Å². The van der Waals surface area contributed by atoms with Crippen molar-refractivity contribution in [1.82, 2.24) is 9.97 Å². The number of benzene rings is 1. The normalized spacial score (nSPS) is 10.1. The van der Waals surface area contributed by atoms with Crippen molar-refractivity contribution in [2.75, 3.05) is 12.8 Å². The van der Waals surface area contributed by atoms with Gasteiger partial charge in [0, 0.05) is 11.8 Å². The molecule has 2 N–H and O–H groups in total. The number of rotatable bonds is 2. The molecule has 0 radical (unpaired) electrons. The summed E-state index contributed by atoms with van der Waals surface area (Å²) < 4.78 is 5.12. The second-order valence-corrected chi connectivity index (χ2v) is 3.56. The number of halogens is 1. The number of hydrogen-bond donors (Lipinski definition) is 1. The number of aromatic nitrogens is 2. The van der Waals surface area contributed by atoms with Crippen LogP contribution in [0.3, 0.4) is 0 Å². The summed E-state index contributed by atoms with van der Waals surface area (Å²) in [5.74, 6) is 1.57. The number of nitrogen functional groups attached to an aromatic ring is 1. The molecule has 16 heavy (non-hydrogen) atoms. The first-order valence-electron chi connectivity index (χ1n) is 4.63. The average molecular weight is 236 g/mol. The standard InChI is InChI=1S/C11H10ClN3O/c1-16-9-6-7(2-3-8(9)12)11-14-5-4-10(13)15-11/h2-6H,1H3,(H2,13,14,15). The molecule has 0 aliphatic heterocycles. The lowest BCUT2D eigenvalue weighted by atomic mass is 10.2. The van der Waals surface area contributed by atoms with E-state index in [9.17, 15) is 0 Å². The van der Waals surface area contributed by atoms with Crippen LogP contribution < -0.4 is 10.5 Å². The van der Waals surface area contributed by atoms with Crippen LogP contribution in [0, 0.1) is 0 Å². The third-order valence-corrected chi connectivity index (χ3v) is 2.40. The monoisotopic (exact) mass is 235 g/mol. The van der Waals surface area contributed by atoms with Crippen LogP contribution in [-0.4, -0.2) is 17.1 Å². The van der Waals surface area contributed by atoms with Gasteiger partial charge < -0.3 is 10.5 Å². The number of ether oxygens (including phenoxy) is 1. The largest absolute Gasteiger partial charge is 0.495 e. The van der Waals surface area contributed by atoms with Crippen LogP contribution in [0.25, 0.3) is 11.4 Å². The van der Waals surface area contributed by atoms with E-state index in [1.165, 1.54) is 0 Å². The molecule has 82 valence electrons. The van der Waals surface area contributed by atoms with E-state index in [1.807, 2.05) is 6.07 Å². The fourth-order valence-electron chi connectivity index (χ4n) is 1.31. The molecule has 0 amide bonds. The molecule has 0 fully saturated rings. The van der Waals surface area contributed by atoms with Gasteiger partial charge in [-0.05, 0) is 24.3 Å². The van der Waals surface area contributed by atoms with Gasteiger partial charge in [-0.1, -0.05) is 11.6 Å². The highest BCUT2D eigenvalue weighted by atomic mass is 35.5. The average Bonchev–Trinajstić information content (AvgIpc) is 2.29. The highest BCUT2D eigenvalue weighted by molar-refractivity contribution is 6.32. The van der Waals surface area contributed by atoms with Gasteiger partial charge in [0.2, 0.25) is 0 Å². The first kappa shape index (κ1) is 10.7. The Balaban J connectivity index is 2.48.